The molecular formula is C24H32O12. The minimum Gasteiger partial charge on any atom is -0.493 e. The molecule has 1 saturated carbocycles. The maximum Gasteiger partial charge on any atom is 0.338 e. The van der Waals surface area contributed by atoms with Crippen LogP contribution in [-0.4, -0.2) is 101 Å². The lowest BCUT2D eigenvalue weighted by atomic mass is 9.85. The summed E-state index contributed by atoms with van der Waals surface area (Å²) in [5, 5.41) is 52.3. The highest BCUT2D eigenvalue weighted by Gasteiger charge is 2.56. The van der Waals surface area contributed by atoms with Gasteiger partial charge in [-0.3, -0.25) is 0 Å². The van der Waals surface area contributed by atoms with Gasteiger partial charge in [-0.05, 0) is 31.2 Å². The fourth-order valence-electron chi connectivity index (χ4n) is 4.99. The summed E-state index contributed by atoms with van der Waals surface area (Å²) in [7, 11) is 2.88. The Morgan fingerprint density at radius 1 is 1.06 bits per heavy atom. The van der Waals surface area contributed by atoms with Crippen molar-refractivity contribution in [3.63, 3.8) is 0 Å². The molecule has 200 valence electrons. The SMILES string of the molecule is COc1ccc(C(=O)OC[C@H]2O[C@@H](O[C@@H]3OC=C[C@@H]4[C@H]3[C@@](C)(O)C[C@H]4O)[C@H](O)[C@@H](O)[C@@H]2O)cc1OC. The van der Waals surface area contributed by atoms with E-state index in [9.17, 15) is 30.3 Å². The van der Waals surface area contributed by atoms with Gasteiger partial charge in [0.05, 0.1) is 43.7 Å². The van der Waals surface area contributed by atoms with Crippen LogP contribution < -0.4 is 9.47 Å². The number of fused-ring (bicyclic) bond motifs is 1. The van der Waals surface area contributed by atoms with Crippen molar-refractivity contribution in [3.05, 3.63) is 36.1 Å². The maximum absolute atomic E-state index is 12.6. The molecule has 3 aliphatic rings. The highest BCUT2D eigenvalue weighted by molar-refractivity contribution is 5.90. The minimum atomic E-state index is -1.68. The second-order valence-electron chi connectivity index (χ2n) is 9.38. The summed E-state index contributed by atoms with van der Waals surface area (Å²) in [5.41, 5.74) is -1.17. The van der Waals surface area contributed by atoms with Crippen LogP contribution in [0.15, 0.2) is 30.5 Å². The van der Waals surface area contributed by atoms with E-state index in [1.165, 1.54) is 38.7 Å². The molecule has 0 bridgehead atoms. The second kappa shape index (κ2) is 10.5. The molecule has 10 atom stereocenters. The summed E-state index contributed by atoms with van der Waals surface area (Å²) in [4.78, 5) is 12.6. The van der Waals surface area contributed by atoms with Crippen LogP contribution in [0, 0.1) is 11.8 Å². The Hall–Kier alpha value is -2.45. The third-order valence-electron chi connectivity index (χ3n) is 6.94. The van der Waals surface area contributed by atoms with E-state index in [0.29, 0.717) is 11.5 Å². The van der Waals surface area contributed by atoms with Gasteiger partial charge in [0.2, 0.25) is 6.29 Å². The summed E-state index contributed by atoms with van der Waals surface area (Å²) in [5.74, 6) is -1.13. The molecule has 12 heteroatoms. The van der Waals surface area contributed by atoms with Crippen molar-refractivity contribution in [1.82, 2.24) is 0 Å². The standard InChI is InChI=1S/C24H32O12/c1-24(30)9-13(25)12-6-7-33-22(17(12)24)36-23-20(28)19(27)18(26)16(35-23)10-34-21(29)11-4-5-14(31-2)15(8-11)32-3/h4-8,12-13,16-20,22-23,25-28,30H,9-10H2,1-3H3/t12-,13+,16+,17+,18+,19-,20+,22-,23-,24-/m0/s1. The number of hydrogen-bond acceptors (Lipinski definition) is 12. The largest absolute Gasteiger partial charge is 0.493 e. The molecule has 2 fully saturated rings. The van der Waals surface area contributed by atoms with Crippen LogP contribution in [-0.2, 0) is 18.9 Å². The molecule has 1 aromatic rings. The number of aliphatic hydroxyl groups excluding tert-OH is 4. The zero-order valence-electron chi connectivity index (χ0n) is 20.1. The summed E-state index contributed by atoms with van der Waals surface area (Å²) in [6.07, 6.45) is -6.55. The van der Waals surface area contributed by atoms with E-state index in [4.69, 9.17) is 28.4 Å². The Morgan fingerprint density at radius 2 is 1.78 bits per heavy atom. The fourth-order valence-corrected chi connectivity index (χ4v) is 4.99. The van der Waals surface area contributed by atoms with E-state index in [1.54, 1.807) is 13.0 Å². The number of methoxy groups -OCH3 is 2. The quantitative estimate of drug-likeness (QED) is 0.291. The van der Waals surface area contributed by atoms with Gasteiger partial charge < -0.3 is 54.0 Å². The first kappa shape index (κ1) is 26.6. The molecule has 1 aliphatic carbocycles. The number of aliphatic hydroxyl groups is 5. The number of carbonyl (C=O) groups is 1. The Morgan fingerprint density at radius 3 is 2.47 bits per heavy atom. The van der Waals surface area contributed by atoms with Crippen LogP contribution in [0.5, 0.6) is 11.5 Å². The maximum atomic E-state index is 12.6. The molecule has 0 spiro atoms. The zero-order valence-corrected chi connectivity index (χ0v) is 20.1. The smallest absolute Gasteiger partial charge is 0.338 e. The van der Waals surface area contributed by atoms with Gasteiger partial charge in [0.25, 0.3) is 0 Å². The van der Waals surface area contributed by atoms with Gasteiger partial charge in [-0.15, -0.1) is 0 Å². The Kier molecular flexibility index (Phi) is 7.76. The number of carbonyl (C=O) groups excluding carboxylic acids is 1. The van der Waals surface area contributed by atoms with Crippen molar-refractivity contribution >= 4 is 5.97 Å². The lowest BCUT2D eigenvalue weighted by molar-refractivity contribution is -0.346. The molecule has 4 rings (SSSR count). The molecule has 0 aromatic heterocycles. The van der Waals surface area contributed by atoms with Crippen LogP contribution >= 0.6 is 0 Å². The second-order valence-corrected chi connectivity index (χ2v) is 9.38. The van der Waals surface area contributed by atoms with E-state index in [0.717, 1.165) is 0 Å². The molecular weight excluding hydrogens is 480 g/mol. The van der Waals surface area contributed by atoms with Gasteiger partial charge in [-0.1, -0.05) is 0 Å². The van der Waals surface area contributed by atoms with E-state index in [1.807, 2.05) is 0 Å². The normalized spacial score (nSPS) is 39.7. The molecule has 1 saturated heterocycles. The van der Waals surface area contributed by atoms with Gasteiger partial charge in [-0.25, -0.2) is 4.79 Å². The summed E-state index contributed by atoms with van der Waals surface area (Å²) in [6.45, 7) is 1.08. The summed E-state index contributed by atoms with van der Waals surface area (Å²) < 4.78 is 32.5. The topological polar surface area (TPSA) is 174 Å². The van der Waals surface area contributed by atoms with E-state index in [-0.39, 0.29) is 12.0 Å². The molecule has 0 radical (unpaired) electrons. The number of benzene rings is 1. The van der Waals surface area contributed by atoms with Crippen LogP contribution in [0.4, 0.5) is 0 Å². The lowest BCUT2D eigenvalue weighted by Crippen LogP contribution is -2.61. The number of rotatable bonds is 7. The van der Waals surface area contributed by atoms with Crippen molar-refractivity contribution in [2.45, 2.75) is 62.0 Å². The van der Waals surface area contributed by atoms with E-state index >= 15 is 0 Å². The van der Waals surface area contributed by atoms with Crippen LogP contribution in [0.2, 0.25) is 0 Å². The van der Waals surface area contributed by atoms with E-state index < -0.39 is 73.1 Å². The molecule has 12 nitrogen and oxygen atoms in total. The van der Waals surface area contributed by atoms with Crippen molar-refractivity contribution in [2.75, 3.05) is 20.8 Å². The summed E-state index contributed by atoms with van der Waals surface area (Å²) >= 11 is 0. The predicted octanol–water partition coefficient (Wildman–Crippen LogP) is -0.697. The third kappa shape index (κ3) is 5.02. The Labute approximate surface area is 207 Å². The summed E-state index contributed by atoms with van der Waals surface area (Å²) in [6, 6.07) is 4.43. The predicted molar refractivity (Wildman–Crippen MR) is 120 cm³/mol. The average molecular weight is 513 g/mol. The monoisotopic (exact) mass is 512 g/mol. The zero-order chi connectivity index (χ0) is 26.2. The number of ether oxygens (including phenoxy) is 6. The third-order valence-corrected chi connectivity index (χ3v) is 6.94. The van der Waals surface area contributed by atoms with Gasteiger partial charge in [0, 0.05) is 12.3 Å². The molecule has 2 aliphatic heterocycles. The van der Waals surface area contributed by atoms with E-state index in [2.05, 4.69) is 0 Å². The van der Waals surface area contributed by atoms with Crippen molar-refractivity contribution in [2.24, 2.45) is 11.8 Å². The highest BCUT2D eigenvalue weighted by Crippen LogP contribution is 2.46. The molecule has 5 N–H and O–H groups in total. The molecule has 1 aromatic carbocycles. The van der Waals surface area contributed by atoms with Crippen molar-refractivity contribution in [1.29, 1.82) is 0 Å². The Balaban J connectivity index is 1.43. The lowest BCUT2D eigenvalue weighted by Gasteiger charge is -2.43. The molecule has 0 unspecified atom stereocenters. The Bertz CT molecular complexity index is 964. The van der Waals surface area contributed by atoms with Gasteiger partial charge in [-0.2, -0.15) is 0 Å². The van der Waals surface area contributed by atoms with Crippen LogP contribution in [0.3, 0.4) is 0 Å². The van der Waals surface area contributed by atoms with Crippen molar-refractivity contribution in [3.8, 4) is 11.5 Å². The van der Waals surface area contributed by atoms with Gasteiger partial charge >= 0.3 is 5.97 Å². The molecule has 0 amide bonds. The first-order valence-corrected chi connectivity index (χ1v) is 11.5. The van der Waals surface area contributed by atoms with Gasteiger partial charge in [0.15, 0.2) is 17.8 Å². The fraction of sp³-hybridized carbons (Fsp3) is 0.625. The highest BCUT2D eigenvalue weighted by atomic mass is 16.8. The molecule has 36 heavy (non-hydrogen) atoms. The van der Waals surface area contributed by atoms with Gasteiger partial charge in [0.1, 0.15) is 31.0 Å². The average Bonchev–Trinajstić information content (AvgIpc) is 3.11. The molecule has 2 heterocycles. The van der Waals surface area contributed by atoms with Crippen LogP contribution in [0.25, 0.3) is 0 Å². The number of hydrogen-bond donors (Lipinski definition) is 5. The number of esters is 1. The van der Waals surface area contributed by atoms with Crippen molar-refractivity contribution < 1.29 is 58.7 Å². The first-order valence-electron chi connectivity index (χ1n) is 11.5. The first-order chi connectivity index (χ1) is 17.1. The van der Waals surface area contributed by atoms with Crippen LogP contribution in [0.1, 0.15) is 23.7 Å². The minimum absolute atomic E-state index is 0.0973.